The van der Waals surface area contributed by atoms with Gasteiger partial charge in [-0.2, -0.15) is 0 Å². The third-order valence-electron chi connectivity index (χ3n) is 3.20. The van der Waals surface area contributed by atoms with E-state index in [-0.39, 0.29) is 0 Å². The minimum Gasteiger partial charge on any atom is -0.479 e. The highest BCUT2D eigenvalue weighted by molar-refractivity contribution is 5.76. The molecular weight excluding hydrogens is 352 g/mol. The quantitative estimate of drug-likeness (QED) is 0.163. The van der Waals surface area contributed by atoms with Gasteiger partial charge in [-0.15, -0.1) is 0 Å². The molecule has 8 atom stereocenters. The van der Waals surface area contributed by atoms with Crippen LogP contribution in [0.15, 0.2) is 0 Å². The first-order chi connectivity index (χ1) is 11.3. The van der Waals surface area contributed by atoms with Gasteiger partial charge in [0.15, 0.2) is 18.3 Å². The maximum absolute atomic E-state index is 11.6. The number of aliphatic carboxylic acids is 2. The Morgan fingerprint density at radius 2 is 0.960 bits per heavy atom. The number of rotatable bonds is 10. The number of carboxylic acids is 2. The highest BCUT2D eigenvalue weighted by Crippen LogP contribution is 2.12. The van der Waals surface area contributed by atoms with Crippen molar-refractivity contribution >= 4 is 17.9 Å². The van der Waals surface area contributed by atoms with Crippen molar-refractivity contribution < 1.29 is 65.1 Å². The Morgan fingerprint density at radius 1 is 0.640 bits per heavy atom. The summed E-state index contributed by atoms with van der Waals surface area (Å²) in [6.07, 6.45) is -18.4. The van der Waals surface area contributed by atoms with E-state index in [1.165, 1.54) is 0 Å². The highest BCUT2D eigenvalue weighted by atomic mass is 16.6. The number of aliphatic hydroxyl groups excluding tert-OH is 7. The molecule has 0 aromatic heterocycles. The van der Waals surface area contributed by atoms with Crippen molar-refractivity contribution in [1.82, 2.24) is 0 Å². The minimum atomic E-state index is -2.54. The van der Waals surface area contributed by atoms with Crippen LogP contribution in [0.5, 0.6) is 0 Å². The zero-order valence-corrected chi connectivity index (χ0v) is 12.8. The first-order valence-electron chi connectivity index (χ1n) is 6.75. The third-order valence-corrected chi connectivity index (χ3v) is 3.20. The van der Waals surface area contributed by atoms with Gasteiger partial charge in [-0.3, -0.25) is 0 Å². The van der Waals surface area contributed by atoms with Crippen LogP contribution >= 0.6 is 0 Å². The van der Waals surface area contributed by atoms with Crippen molar-refractivity contribution in [2.45, 2.75) is 55.8 Å². The van der Waals surface area contributed by atoms with Crippen LogP contribution in [-0.2, 0) is 19.1 Å². The molecule has 0 aliphatic carbocycles. The first kappa shape index (κ1) is 23.1. The lowest BCUT2D eigenvalue weighted by Gasteiger charge is -2.28. The Balaban J connectivity index is 4.85. The zero-order chi connectivity index (χ0) is 20.1. The van der Waals surface area contributed by atoms with Crippen LogP contribution in [0.2, 0.25) is 0 Å². The standard InChI is InChI=1S/C12H20O13/c1-2(3(13)4(14)7(17)10(20)21)25-12(24)9(19)6(16)5(15)8(18)11(22)23/h2-9,13-19H,1H3,(H,20,21)(H,22,23)/t2?,3?,4?,5-,6+,7?,8+,9-/m1/s1. The SMILES string of the molecule is CC(OC(=O)[C@H](O)[C@@H](O)[C@@H](O)[C@H](O)C(=O)O)C(O)C(O)C(O)C(=O)O. The van der Waals surface area contributed by atoms with E-state index in [0.29, 0.717) is 0 Å². The number of ether oxygens (including phenoxy) is 1. The molecule has 0 fully saturated rings. The van der Waals surface area contributed by atoms with Crippen LogP contribution in [-0.4, -0.2) is 113 Å². The van der Waals surface area contributed by atoms with Crippen molar-refractivity contribution in [2.24, 2.45) is 0 Å². The number of aliphatic hydroxyl groups is 7. The van der Waals surface area contributed by atoms with E-state index < -0.39 is 66.7 Å². The predicted molar refractivity (Wildman–Crippen MR) is 72.9 cm³/mol. The van der Waals surface area contributed by atoms with Crippen molar-refractivity contribution in [3.05, 3.63) is 0 Å². The maximum atomic E-state index is 11.6. The molecule has 13 heteroatoms. The molecule has 0 spiro atoms. The van der Waals surface area contributed by atoms with Crippen molar-refractivity contribution in [3.8, 4) is 0 Å². The molecule has 146 valence electrons. The summed E-state index contributed by atoms with van der Waals surface area (Å²) in [5, 5.41) is 82.2. The lowest BCUT2D eigenvalue weighted by Crippen LogP contribution is -2.52. The summed E-state index contributed by atoms with van der Waals surface area (Å²) >= 11 is 0. The normalized spacial score (nSPS) is 21.1. The van der Waals surface area contributed by atoms with Gasteiger partial charge < -0.3 is 50.7 Å². The van der Waals surface area contributed by atoms with E-state index >= 15 is 0 Å². The van der Waals surface area contributed by atoms with E-state index in [1.807, 2.05) is 0 Å². The smallest absolute Gasteiger partial charge is 0.338 e. The molecule has 0 aliphatic rings. The molecule has 0 radical (unpaired) electrons. The Bertz CT molecular complexity index is 480. The number of carboxylic acid groups (broad SMARTS) is 2. The molecule has 13 nitrogen and oxygen atoms in total. The summed E-state index contributed by atoms with van der Waals surface area (Å²) < 4.78 is 4.43. The molecule has 25 heavy (non-hydrogen) atoms. The topological polar surface area (TPSA) is 243 Å². The molecule has 9 N–H and O–H groups in total. The molecule has 0 saturated carbocycles. The van der Waals surface area contributed by atoms with E-state index in [1.54, 1.807) is 0 Å². The molecule has 0 saturated heterocycles. The molecule has 0 aromatic rings. The summed E-state index contributed by atoms with van der Waals surface area (Å²) in [7, 11) is 0. The fourth-order valence-electron chi connectivity index (χ4n) is 1.59. The Kier molecular flexibility index (Phi) is 8.86. The second kappa shape index (κ2) is 9.57. The van der Waals surface area contributed by atoms with Crippen LogP contribution in [0.3, 0.4) is 0 Å². The molecule has 0 rings (SSSR count). The van der Waals surface area contributed by atoms with Gasteiger partial charge in [0, 0.05) is 0 Å². The van der Waals surface area contributed by atoms with Gasteiger partial charge in [0.1, 0.15) is 30.5 Å². The summed E-state index contributed by atoms with van der Waals surface area (Å²) in [5.41, 5.74) is 0. The van der Waals surface area contributed by atoms with Gasteiger partial charge in [0.05, 0.1) is 0 Å². The second-order valence-electron chi connectivity index (χ2n) is 5.12. The largest absolute Gasteiger partial charge is 0.479 e. The fourth-order valence-corrected chi connectivity index (χ4v) is 1.59. The van der Waals surface area contributed by atoms with Crippen LogP contribution in [0, 0.1) is 0 Å². The summed E-state index contributed by atoms with van der Waals surface area (Å²) in [5.74, 6) is -5.50. The van der Waals surface area contributed by atoms with Gasteiger partial charge in [0.2, 0.25) is 0 Å². The third kappa shape index (κ3) is 6.17. The lowest BCUT2D eigenvalue weighted by molar-refractivity contribution is -0.188. The number of hydrogen-bond donors (Lipinski definition) is 9. The van der Waals surface area contributed by atoms with Crippen molar-refractivity contribution in [2.75, 3.05) is 0 Å². The van der Waals surface area contributed by atoms with Crippen molar-refractivity contribution in [3.63, 3.8) is 0 Å². The van der Waals surface area contributed by atoms with E-state index in [0.717, 1.165) is 6.92 Å². The number of esters is 1. The molecular formula is C12H20O13. The van der Waals surface area contributed by atoms with Gasteiger partial charge >= 0.3 is 17.9 Å². The van der Waals surface area contributed by atoms with Gasteiger partial charge in [0.25, 0.3) is 0 Å². The fraction of sp³-hybridized carbons (Fsp3) is 0.750. The monoisotopic (exact) mass is 372 g/mol. The lowest BCUT2D eigenvalue weighted by atomic mass is 10.0. The highest BCUT2D eigenvalue weighted by Gasteiger charge is 2.40. The maximum Gasteiger partial charge on any atom is 0.338 e. The summed E-state index contributed by atoms with van der Waals surface area (Å²) in [6.45, 7) is 0.946. The van der Waals surface area contributed by atoms with Crippen LogP contribution in [0.25, 0.3) is 0 Å². The Hall–Kier alpha value is -1.87. The van der Waals surface area contributed by atoms with E-state index in [9.17, 15) is 39.9 Å². The summed E-state index contributed by atoms with van der Waals surface area (Å²) in [4.78, 5) is 32.5. The first-order valence-corrected chi connectivity index (χ1v) is 6.75. The molecule has 0 aromatic carbocycles. The van der Waals surface area contributed by atoms with Gasteiger partial charge in [-0.05, 0) is 6.92 Å². The molecule has 0 amide bonds. The zero-order valence-electron chi connectivity index (χ0n) is 12.8. The predicted octanol–water partition coefficient (Wildman–Crippen LogP) is -5.39. The number of hydrogen-bond acceptors (Lipinski definition) is 11. The number of carbonyl (C=O) groups is 3. The molecule has 0 aliphatic heterocycles. The van der Waals surface area contributed by atoms with Gasteiger partial charge in [-0.25, -0.2) is 14.4 Å². The van der Waals surface area contributed by atoms with E-state index in [4.69, 9.17) is 20.4 Å². The summed E-state index contributed by atoms with van der Waals surface area (Å²) in [6, 6.07) is 0. The van der Waals surface area contributed by atoms with Gasteiger partial charge in [-0.1, -0.05) is 0 Å². The van der Waals surface area contributed by atoms with E-state index in [2.05, 4.69) is 4.74 Å². The van der Waals surface area contributed by atoms with Crippen LogP contribution in [0.1, 0.15) is 6.92 Å². The average Bonchev–Trinajstić information content (AvgIpc) is 2.56. The van der Waals surface area contributed by atoms with Crippen molar-refractivity contribution in [1.29, 1.82) is 0 Å². The molecule has 0 bridgehead atoms. The number of carbonyl (C=O) groups excluding carboxylic acids is 1. The minimum absolute atomic E-state index is 0.946. The average molecular weight is 372 g/mol. The van der Waals surface area contributed by atoms with Crippen LogP contribution in [0.4, 0.5) is 0 Å². The Labute approximate surface area is 139 Å². The molecule has 4 unspecified atom stereocenters. The second-order valence-corrected chi connectivity index (χ2v) is 5.12. The Morgan fingerprint density at radius 3 is 1.32 bits per heavy atom. The van der Waals surface area contributed by atoms with Crippen LogP contribution < -0.4 is 0 Å². The molecule has 0 heterocycles.